The first-order chi connectivity index (χ1) is 9.20. The normalized spacial score (nSPS) is 11.2. The number of carbonyl (C=O) groups is 2. The van der Waals surface area contributed by atoms with Crippen molar-refractivity contribution >= 4 is 23.5 Å². The zero-order valence-electron chi connectivity index (χ0n) is 12.0. The molecule has 0 atom stereocenters. The number of carbonyl (C=O) groups excluding carboxylic acids is 1. The van der Waals surface area contributed by atoms with E-state index in [0.717, 1.165) is 5.56 Å². The van der Waals surface area contributed by atoms with E-state index in [0.29, 0.717) is 11.6 Å². The number of carboxylic acids is 1. The standard InChI is InChI=1S/C15H20ClNO3/c1-15(2,3)17(13(18)8-9-14(19)20)10-11-4-6-12(16)7-5-11/h4-7H,8-10H2,1-3H3,(H,19,20). The number of rotatable bonds is 5. The minimum atomic E-state index is -0.960. The highest BCUT2D eigenvalue weighted by atomic mass is 35.5. The molecular formula is C15H20ClNO3. The number of benzene rings is 1. The number of nitrogens with zero attached hydrogens (tertiary/aromatic N) is 1. The van der Waals surface area contributed by atoms with Crippen LogP contribution in [0.15, 0.2) is 24.3 Å². The molecule has 110 valence electrons. The Bertz CT molecular complexity index is 477. The first-order valence-corrected chi connectivity index (χ1v) is 6.84. The zero-order valence-corrected chi connectivity index (χ0v) is 12.8. The van der Waals surface area contributed by atoms with E-state index in [1.165, 1.54) is 0 Å². The van der Waals surface area contributed by atoms with Gasteiger partial charge < -0.3 is 10.0 Å². The molecule has 5 heteroatoms. The van der Waals surface area contributed by atoms with Gasteiger partial charge in [0.1, 0.15) is 0 Å². The van der Waals surface area contributed by atoms with E-state index in [9.17, 15) is 9.59 Å². The molecule has 1 aromatic carbocycles. The first kappa shape index (κ1) is 16.5. The van der Waals surface area contributed by atoms with Crippen LogP contribution in [0.1, 0.15) is 39.2 Å². The van der Waals surface area contributed by atoms with Crippen molar-refractivity contribution in [3.8, 4) is 0 Å². The summed E-state index contributed by atoms with van der Waals surface area (Å²) in [5.74, 6) is -1.12. The Labute approximate surface area is 124 Å². The van der Waals surface area contributed by atoms with Gasteiger partial charge in [0.05, 0.1) is 6.42 Å². The van der Waals surface area contributed by atoms with E-state index in [1.807, 2.05) is 32.9 Å². The van der Waals surface area contributed by atoms with Crippen molar-refractivity contribution in [2.75, 3.05) is 0 Å². The average molecular weight is 298 g/mol. The summed E-state index contributed by atoms with van der Waals surface area (Å²) in [5.41, 5.74) is 0.600. The fraction of sp³-hybridized carbons (Fsp3) is 0.467. The van der Waals surface area contributed by atoms with Crippen LogP contribution in [-0.4, -0.2) is 27.4 Å². The molecule has 4 nitrogen and oxygen atoms in total. The summed E-state index contributed by atoms with van der Waals surface area (Å²) in [6, 6.07) is 7.29. The van der Waals surface area contributed by atoms with Gasteiger partial charge in [-0.3, -0.25) is 9.59 Å². The predicted molar refractivity (Wildman–Crippen MR) is 78.6 cm³/mol. The molecule has 0 unspecified atom stereocenters. The predicted octanol–water partition coefficient (Wildman–Crippen LogP) is 3.33. The molecule has 1 aromatic rings. The SMILES string of the molecule is CC(C)(C)N(Cc1ccc(Cl)cc1)C(=O)CCC(=O)O. The Kier molecular flexibility index (Phi) is 5.57. The van der Waals surface area contributed by atoms with Crippen molar-refractivity contribution in [3.05, 3.63) is 34.9 Å². The molecule has 1 N–H and O–H groups in total. The molecule has 0 spiro atoms. The average Bonchev–Trinajstić information content (AvgIpc) is 2.33. The van der Waals surface area contributed by atoms with Crippen LogP contribution in [0.3, 0.4) is 0 Å². The summed E-state index contributed by atoms with van der Waals surface area (Å²) in [6.07, 6.45) is -0.133. The van der Waals surface area contributed by atoms with E-state index in [4.69, 9.17) is 16.7 Å². The summed E-state index contributed by atoms with van der Waals surface area (Å²) in [5, 5.41) is 9.33. The van der Waals surface area contributed by atoms with Crippen molar-refractivity contribution < 1.29 is 14.7 Å². The molecule has 1 amide bonds. The van der Waals surface area contributed by atoms with Crippen molar-refractivity contribution in [2.45, 2.75) is 45.7 Å². The lowest BCUT2D eigenvalue weighted by atomic mass is 10.0. The maximum absolute atomic E-state index is 12.2. The monoisotopic (exact) mass is 297 g/mol. The van der Waals surface area contributed by atoms with Gasteiger partial charge in [-0.2, -0.15) is 0 Å². The van der Waals surface area contributed by atoms with Gasteiger partial charge in [0.15, 0.2) is 0 Å². The van der Waals surface area contributed by atoms with Crippen LogP contribution in [0, 0.1) is 0 Å². The Hall–Kier alpha value is -1.55. The van der Waals surface area contributed by atoms with Crippen LogP contribution in [0.5, 0.6) is 0 Å². The second-order valence-electron chi connectivity index (χ2n) is 5.67. The molecule has 0 heterocycles. The van der Waals surface area contributed by atoms with Gasteiger partial charge in [0, 0.05) is 23.5 Å². The lowest BCUT2D eigenvalue weighted by molar-refractivity contribution is -0.143. The van der Waals surface area contributed by atoms with E-state index in [2.05, 4.69) is 0 Å². The van der Waals surface area contributed by atoms with Crippen LogP contribution in [0.4, 0.5) is 0 Å². The van der Waals surface area contributed by atoms with Gasteiger partial charge in [0.25, 0.3) is 0 Å². The van der Waals surface area contributed by atoms with Gasteiger partial charge in [0.2, 0.25) is 5.91 Å². The maximum Gasteiger partial charge on any atom is 0.303 e. The van der Waals surface area contributed by atoms with Crippen LogP contribution in [-0.2, 0) is 16.1 Å². The molecule has 0 radical (unpaired) electrons. The van der Waals surface area contributed by atoms with Crippen molar-refractivity contribution in [3.63, 3.8) is 0 Å². The first-order valence-electron chi connectivity index (χ1n) is 6.47. The quantitative estimate of drug-likeness (QED) is 0.907. The topological polar surface area (TPSA) is 57.6 Å². The van der Waals surface area contributed by atoms with Crippen molar-refractivity contribution in [1.29, 1.82) is 0 Å². The fourth-order valence-corrected chi connectivity index (χ4v) is 1.95. The summed E-state index contributed by atoms with van der Waals surface area (Å²) in [7, 11) is 0. The van der Waals surface area contributed by atoms with E-state index in [1.54, 1.807) is 17.0 Å². The van der Waals surface area contributed by atoms with Crippen LogP contribution in [0.2, 0.25) is 5.02 Å². The zero-order chi connectivity index (χ0) is 15.3. The minimum absolute atomic E-state index is 0.0141. The molecular weight excluding hydrogens is 278 g/mol. The Morgan fingerprint density at radius 2 is 1.70 bits per heavy atom. The number of hydrogen-bond acceptors (Lipinski definition) is 2. The second-order valence-corrected chi connectivity index (χ2v) is 6.11. The second kappa shape index (κ2) is 6.75. The number of aliphatic carboxylic acids is 1. The number of carboxylic acid groups (broad SMARTS) is 1. The molecule has 0 fully saturated rings. The Balaban J connectivity index is 2.82. The van der Waals surface area contributed by atoms with Gasteiger partial charge in [-0.25, -0.2) is 0 Å². The summed E-state index contributed by atoms with van der Waals surface area (Å²) in [6.45, 7) is 6.24. The van der Waals surface area contributed by atoms with Gasteiger partial charge in [-0.15, -0.1) is 0 Å². The Morgan fingerprint density at radius 3 is 2.15 bits per heavy atom. The lowest BCUT2D eigenvalue weighted by Crippen LogP contribution is -2.45. The highest BCUT2D eigenvalue weighted by molar-refractivity contribution is 6.30. The molecule has 1 rings (SSSR count). The molecule has 0 bridgehead atoms. The van der Waals surface area contributed by atoms with Gasteiger partial charge in [-0.05, 0) is 38.5 Å². The number of hydrogen-bond donors (Lipinski definition) is 1. The van der Waals surface area contributed by atoms with E-state index in [-0.39, 0.29) is 24.3 Å². The van der Waals surface area contributed by atoms with Crippen LogP contribution >= 0.6 is 11.6 Å². The van der Waals surface area contributed by atoms with Crippen molar-refractivity contribution in [1.82, 2.24) is 4.90 Å². The third-order valence-electron chi connectivity index (χ3n) is 2.92. The fourth-order valence-electron chi connectivity index (χ4n) is 1.82. The summed E-state index contributed by atoms with van der Waals surface area (Å²) in [4.78, 5) is 24.5. The number of amides is 1. The molecule has 0 aliphatic carbocycles. The number of halogens is 1. The minimum Gasteiger partial charge on any atom is -0.481 e. The third-order valence-corrected chi connectivity index (χ3v) is 3.17. The molecule has 0 aromatic heterocycles. The smallest absolute Gasteiger partial charge is 0.303 e. The molecule has 0 saturated carbocycles. The van der Waals surface area contributed by atoms with E-state index < -0.39 is 5.97 Å². The molecule has 0 saturated heterocycles. The van der Waals surface area contributed by atoms with E-state index >= 15 is 0 Å². The summed E-state index contributed by atoms with van der Waals surface area (Å²) >= 11 is 5.84. The highest BCUT2D eigenvalue weighted by Gasteiger charge is 2.26. The summed E-state index contributed by atoms with van der Waals surface area (Å²) < 4.78 is 0. The molecule has 0 aliphatic rings. The highest BCUT2D eigenvalue weighted by Crippen LogP contribution is 2.20. The van der Waals surface area contributed by atoms with Crippen molar-refractivity contribution in [2.24, 2.45) is 0 Å². The maximum atomic E-state index is 12.2. The van der Waals surface area contributed by atoms with Crippen LogP contribution in [0.25, 0.3) is 0 Å². The third kappa shape index (κ3) is 5.21. The lowest BCUT2D eigenvalue weighted by Gasteiger charge is -2.36. The largest absolute Gasteiger partial charge is 0.481 e. The molecule has 0 aliphatic heterocycles. The van der Waals surface area contributed by atoms with Crippen LogP contribution < -0.4 is 0 Å². The Morgan fingerprint density at radius 1 is 1.15 bits per heavy atom. The van der Waals surface area contributed by atoms with Gasteiger partial charge >= 0.3 is 5.97 Å². The molecule has 20 heavy (non-hydrogen) atoms. The van der Waals surface area contributed by atoms with Gasteiger partial charge in [-0.1, -0.05) is 23.7 Å².